The molecule has 0 fully saturated rings. The van der Waals surface area contributed by atoms with Gasteiger partial charge in [-0.3, -0.25) is 0 Å². The summed E-state index contributed by atoms with van der Waals surface area (Å²) in [5, 5.41) is 0. The van der Waals surface area contributed by atoms with E-state index in [0.29, 0.717) is 17.7 Å². The number of rotatable bonds is 19. The highest BCUT2D eigenvalue weighted by atomic mass is 16.5. The van der Waals surface area contributed by atoms with Crippen molar-refractivity contribution in [3.8, 4) is 0 Å². The largest absolute Gasteiger partial charge is 0.462 e. The molecule has 4 heteroatoms. The van der Waals surface area contributed by atoms with Gasteiger partial charge in [-0.05, 0) is 43.5 Å². The minimum Gasteiger partial charge on any atom is -0.462 e. The summed E-state index contributed by atoms with van der Waals surface area (Å²) in [6.07, 6.45) is 17.4. The molecule has 0 bridgehead atoms. The topological polar surface area (TPSA) is 52.6 Å². The van der Waals surface area contributed by atoms with Crippen molar-refractivity contribution in [1.29, 1.82) is 0 Å². The van der Waals surface area contributed by atoms with Crippen LogP contribution < -0.4 is 0 Å². The van der Waals surface area contributed by atoms with Crippen LogP contribution in [-0.2, 0) is 9.47 Å². The second-order valence-electron chi connectivity index (χ2n) is 8.85. The lowest BCUT2D eigenvalue weighted by Crippen LogP contribution is -2.18. The van der Waals surface area contributed by atoms with E-state index in [4.69, 9.17) is 9.47 Å². The molecule has 0 aromatic heterocycles. The standard InChI is InChI=1S/C28H46O4/c1-4-7-9-10-11-12-13-14-15-16-23-31-27(29)24-19-21-25(22-20-24)28(30)32-26(17-6-3)18-8-5-2/h19-22,26H,4-18,23H2,1-3H3. The van der Waals surface area contributed by atoms with Gasteiger partial charge >= 0.3 is 11.9 Å². The Hall–Kier alpha value is -1.84. The fourth-order valence-corrected chi connectivity index (χ4v) is 3.82. The fraction of sp³-hybridized carbons (Fsp3) is 0.714. The Morgan fingerprint density at radius 1 is 0.625 bits per heavy atom. The molecule has 4 nitrogen and oxygen atoms in total. The van der Waals surface area contributed by atoms with Gasteiger partial charge in [0, 0.05) is 0 Å². The first-order chi connectivity index (χ1) is 15.6. The molecule has 0 aliphatic carbocycles. The van der Waals surface area contributed by atoms with Crippen molar-refractivity contribution in [2.75, 3.05) is 6.61 Å². The molecule has 0 spiro atoms. The third-order valence-electron chi connectivity index (χ3n) is 5.85. The maximum atomic E-state index is 12.4. The van der Waals surface area contributed by atoms with E-state index in [0.717, 1.165) is 44.9 Å². The number of carbonyl (C=O) groups is 2. The Morgan fingerprint density at radius 3 is 1.66 bits per heavy atom. The van der Waals surface area contributed by atoms with Crippen LogP contribution in [0.3, 0.4) is 0 Å². The Morgan fingerprint density at radius 2 is 1.12 bits per heavy atom. The third-order valence-corrected chi connectivity index (χ3v) is 5.85. The zero-order valence-corrected chi connectivity index (χ0v) is 20.8. The van der Waals surface area contributed by atoms with E-state index < -0.39 is 0 Å². The Labute approximate surface area is 196 Å². The van der Waals surface area contributed by atoms with E-state index in [1.165, 1.54) is 51.4 Å². The van der Waals surface area contributed by atoms with Gasteiger partial charge in [0.15, 0.2) is 0 Å². The first-order valence-electron chi connectivity index (χ1n) is 13.1. The van der Waals surface area contributed by atoms with Crippen molar-refractivity contribution in [1.82, 2.24) is 0 Å². The maximum Gasteiger partial charge on any atom is 0.338 e. The van der Waals surface area contributed by atoms with Gasteiger partial charge in [0.05, 0.1) is 17.7 Å². The van der Waals surface area contributed by atoms with Crippen LogP contribution in [-0.4, -0.2) is 24.6 Å². The molecule has 182 valence electrons. The number of esters is 2. The number of carbonyl (C=O) groups excluding carboxylic acids is 2. The number of hydrogen-bond acceptors (Lipinski definition) is 4. The summed E-state index contributed by atoms with van der Waals surface area (Å²) in [4.78, 5) is 24.6. The number of ether oxygens (including phenoxy) is 2. The molecule has 0 amide bonds. The summed E-state index contributed by atoms with van der Waals surface area (Å²) in [6.45, 7) is 6.94. The van der Waals surface area contributed by atoms with Crippen LogP contribution in [0.5, 0.6) is 0 Å². The number of hydrogen-bond donors (Lipinski definition) is 0. The molecule has 1 aromatic rings. The highest BCUT2D eigenvalue weighted by Crippen LogP contribution is 2.15. The first-order valence-corrected chi connectivity index (χ1v) is 13.1. The average Bonchev–Trinajstić information content (AvgIpc) is 2.81. The molecule has 0 aliphatic heterocycles. The van der Waals surface area contributed by atoms with E-state index in [-0.39, 0.29) is 18.0 Å². The molecule has 0 saturated heterocycles. The smallest absolute Gasteiger partial charge is 0.338 e. The molecular formula is C28H46O4. The summed E-state index contributed by atoms with van der Waals surface area (Å²) in [7, 11) is 0. The van der Waals surface area contributed by atoms with Gasteiger partial charge in [0.1, 0.15) is 6.10 Å². The van der Waals surface area contributed by atoms with Crippen LogP contribution in [0.1, 0.15) is 138 Å². The summed E-state index contributed by atoms with van der Waals surface area (Å²) < 4.78 is 11.1. The van der Waals surface area contributed by atoms with Crippen LogP contribution in [0.15, 0.2) is 24.3 Å². The molecule has 0 aliphatic rings. The molecular weight excluding hydrogens is 400 g/mol. The number of benzene rings is 1. The molecule has 1 unspecified atom stereocenters. The van der Waals surface area contributed by atoms with Crippen molar-refractivity contribution in [3.63, 3.8) is 0 Å². The molecule has 32 heavy (non-hydrogen) atoms. The second-order valence-corrected chi connectivity index (χ2v) is 8.85. The van der Waals surface area contributed by atoms with E-state index in [1.54, 1.807) is 24.3 Å². The van der Waals surface area contributed by atoms with Gasteiger partial charge < -0.3 is 9.47 Å². The van der Waals surface area contributed by atoms with Crippen LogP contribution in [0, 0.1) is 0 Å². The zero-order valence-electron chi connectivity index (χ0n) is 20.8. The SMILES string of the molecule is CCCCCCCCCCCCOC(=O)c1ccc(C(=O)OC(CCC)CCCC)cc1. The minimum atomic E-state index is -0.326. The van der Waals surface area contributed by atoms with Crippen LogP contribution in [0.2, 0.25) is 0 Å². The average molecular weight is 447 g/mol. The molecule has 1 rings (SSSR count). The Balaban J connectivity index is 2.25. The van der Waals surface area contributed by atoms with E-state index in [2.05, 4.69) is 20.8 Å². The van der Waals surface area contributed by atoms with Gasteiger partial charge in [-0.25, -0.2) is 9.59 Å². The highest BCUT2D eigenvalue weighted by molar-refractivity contribution is 5.93. The van der Waals surface area contributed by atoms with Crippen molar-refractivity contribution in [3.05, 3.63) is 35.4 Å². The van der Waals surface area contributed by atoms with Crippen molar-refractivity contribution >= 4 is 11.9 Å². The minimum absolute atomic E-state index is 0.0295. The summed E-state index contributed by atoms with van der Waals surface area (Å²) in [6, 6.07) is 6.61. The van der Waals surface area contributed by atoms with E-state index >= 15 is 0 Å². The van der Waals surface area contributed by atoms with Crippen molar-refractivity contribution in [2.45, 2.75) is 123 Å². The van der Waals surface area contributed by atoms with Gasteiger partial charge in [-0.2, -0.15) is 0 Å². The highest BCUT2D eigenvalue weighted by Gasteiger charge is 2.16. The number of unbranched alkanes of at least 4 members (excludes halogenated alkanes) is 10. The van der Waals surface area contributed by atoms with Crippen LogP contribution in [0.4, 0.5) is 0 Å². The predicted octanol–water partition coefficient (Wildman–Crippen LogP) is 8.28. The van der Waals surface area contributed by atoms with Gasteiger partial charge in [0.2, 0.25) is 0 Å². The summed E-state index contributed by atoms with van der Waals surface area (Å²) in [5.74, 6) is -0.641. The van der Waals surface area contributed by atoms with Crippen LogP contribution >= 0.6 is 0 Å². The van der Waals surface area contributed by atoms with Crippen molar-refractivity contribution in [2.24, 2.45) is 0 Å². The second kappa shape index (κ2) is 18.7. The molecule has 0 saturated carbocycles. The fourth-order valence-electron chi connectivity index (χ4n) is 3.82. The van der Waals surface area contributed by atoms with Crippen molar-refractivity contribution < 1.29 is 19.1 Å². The summed E-state index contributed by atoms with van der Waals surface area (Å²) >= 11 is 0. The predicted molar refractivity (Wildman–Crippen MR) is 132 cm³/mol. The lowest BCUT2D eigenvalue weighted by Gasteiger charge is -2.17. The Bertz CT molecular complexity index is 608. The normalized spacial score (nSPS) is 11.8. The van der Waals surface area contributed by atoms with E-state index in [9.17, 15) is 9.59 Å². The molecule has 0 radical (unpaired) electrons. The monoisotopic (exact) mass is 446 g/mol. The molecule has 0 N–H and O–H groups in total. The maximum absolute atomic E-state index is 12.4. The Kier molecular flexibility index (Phi) is 16.5. The first kappa shape index (κ1) is 28.2. The third kappa shape index (κ3) is 12.9. The summed E-state index contributed by atoms with van der Waals surface area (Å²) in [5.41, 5.74) is 0.957. The molecule has 0 heterocycles. The quantitative estimate of drug-likeness (QED) is 0.158. The van der Waals surface area contributed by atoms with Crippen LogP contribution in [0.25, 0.3) is 0 Å². The molecule has 1 aromatic carbocycles. The lowest BCUT2D eigenvalue weighted by molar-refractivity contribution is 0.0254. The van der Waals surface area contributed by atoms with E-state index in [1.807, 2.05) is 0 Å². The van der Waals surface area contributed by atoms with Gasteiger partial charge in [-0.1, -0.05) is 97.8 Å². The van der Waals surface area contributed by atoms with Gasteiger partial charge in [-0.15, -0.1) is 0 Å². The van der Waals surface area contributed by atoms with Gasteiger partial charge in [0.25, 0.3) is 0 Å². The zero-order chi connectivity index (χ0) is 23.4. The molecule has 1 atom stereocenters. The lowest BCUT2D eigenvalue weighted by atomic mass is 10.1.